The largest absolute Gasteiger partial charge is 0.432 e. The van der Waals surface area contributed by atoms with Crippen molar-refractivity contribution in [1.29, 1.82) is 5.26 Å². The van der Waals surface area contributed by atoms with Crippen molar-refractivity contribution >= 4 is 12.2 Å². The lowest BCUT2D eigenvalue weighted by Gasteiger charge is -2.17. The summed E-state index contributed by atoms with van der Waals surface area (Å²) >= 11 is 4.60. The monoisotopic (exact) mass is 347 g/mol. The molecule has 0 saturated carbocycles. The van der Waals surface area contributed by atoms with Gasteiger partial charge in [-0.25, -0.2) is 8.78 Å². The highest BCUT2D eigenvalue weighted by molar-refractivity contribution is 7.71. The summed E-state index contributed by atoms with van der Waals surface area (Å²) in [5, 5.41) is 8.60. The van der Waals surface area contributed by atoms with E-state index in [0.29, 0.717) is 16.7 Å². The van der Waals surface area contributed by atoms with Crippen LogP contribution in [0.3, 0.4) is 0 Å². The van der Waals surface area contributed by atoms with Crippen molar-refractivity contribution in [3.63, 3.8) is 0 Å². The van der Waals surface area contributed by atoms with E-state index < -0.39 is 50.5 Å². The SMILES string of the molecule is Cn1c(C(F)(F)F)c(-c2cc(F)c(C#N)cc2F)c(=O)[nH]c1=S. The first-order valence-electron chi connectivity index (χ1n) is 5.88. The summed E-state index contributed by atoms with van der Waals surface area (Å²) in [4.78, 5) is 13.8. The second kappa shape index (κ2) is 5.58. The molecule has 0 fully saturated rings. The van der Waals surface area contributed by atoms with Crippen LogP contribution in [0.5, 0.6) is 0 Å². The number of H-pyrrole nitrogens is 1. The third-order valence-electron chi connectivity index (χ3n) is 3.04. The molecule has 0 aliphatic rings. The topological polar surface area (TPSA) is 61.6 Å². The molecule has 0 atom stereocenters. The van der Waals surface area contributed by atoms with Gasteiger partial charge in [0.25, 0.3) is 5.56 Å². The number of benzene rings is 1. The summed E-state index contributed by atoms with van der Waals surface area (Å²) in [5.74, 6) is -2.59. The number of rotatable bonds is 1. The molecular weight excluding hydrogens is 341 g/mol. The van der Waals surface area contributed by atoms with E-state index in [0.717, 1.165) is 7.05 Å². The Bertz CT molecular complexity index is 952. The summed E-state index contributed by atoms with van der Waals surface area (Å²) in [7, 11) is 0.933. The van der Waals surface area contributed by atoms with Gasteiger partial charge in [-0.2, -0.15) is 18.4 Å². The number of nitriles is 1. The maximum atomic E-state index is 14.0. The zero-order chi connectivity index (χ0) is 17.5. The Kier molecular flexibility index (Phi) is 4.08. The number of aromatic amines is 1. The molecule has 1 aromatic heterocycles. The molecule has 0 aliphatic heterocycles. The minimum atomic E-state index is -5.04. The maximum absolute atomic E-state index is 14.0. The Morgan fingerprint density at radius 3 is 2.39 bits per heavy atom. The molecule has 1 heterocycles. The number of halogens is 5. The van der Waals surface area contributed by atoms with Gasteiger partial charge in [0.2, 0.25) is 0 Å². The molecule has 0 spiro atoms. The summed E-state index contributed by atoms with van der Waals surface area (Å²) in [6.45, 7) is 0. The Balaban J connectivity index is 2.99. The van der Waals surface area contributed by atoms with Gasteiger partial charge in [0.15, 0.2) is 4.77 Å². The first kappa shape index (κ1) is 16.8. The maximum Gasteiger partial charge on any atom is 0.432 e. The highest BCUT2D eigenvalue weighted by atomic mass is 32.1. The summed E-state index contributed by atoms with van der Waals surface area (Å²) in [6, 6.07) is 2.14. The molecule has 0 amide bonds. The Hall–Kier alpha value is -2.54. The van der Waals surface area contributed by atoms with Crippen molar-refractivity contribution in [3.05, 3.63) is 50.1 Å². The molecular formula is C13H6F5N3OS. The number of hydrogen-bond donors (Lipinski definition) is 1. The normalized spacial score (nSPS) is 11.3. The van der Waals surface area contributed by atoms with Crippen LogP contribution in [0, 0.1) is 27.7 Å². The molecule has 2 rings (SSSR count). The molecule has 0 bridgehead atoms. The van der Waals surface area contributed by atoms with Gasteiger partial charge in [-0.3, -0.25) is 9.78 Å². The Morgan fingerprint density at radius 2 is 1.87 bits per heavy atom. The van der Waals surface area contributed by atoms with E-state index in [9.17, 15) is 26.7 Å². The molecule has 120 valence electrons. The second-order valence-electron chi connectivity index (χ2n) is 4.46. The van der Waals surface area contributed by atoms with Crippen LogP contribution in [-0.2, 0) is 13.2 Å². The van der Waals surface area contributed by atoms with Crippen LogP contribution in [0.2, 0.25) is 0 Å². The first-order chi connectivity index (χ1) is 10.6. The van der Waals surface area contributed by atoms with Crippen LogP contribution in [0.15, 0.2) is 16.9 Å². The van der Waals surface area contributed by atoms with Gasteiger partial charge in [-0.05, 0) is 24.4 Å². The average Bonchev–Trinajstić information content (AvgIpc) is 2.43. The van der Waals surface area contributed by atoms with Gasteiger partial charge in [-0.1, -0.05) is 0 Å². The summed E-state index contributed by atoms with van der Waals surface area (Å²) < 4.78 is 67.3. The third-order valence-corrected chi connectivity index (χ3v) is 3.42. The Morgan fingerprint density at radius 1 is 1.26 bits per heavy atom. The van der Waals surface area contributed by atoms with E-state index in [2.05, 4.69) is 12.2 Å². The van der Waals surface area contributed by atoms with Crippen LogP contribution in [-0.4, -0.2) is 9.55 Å². The van der Waals surface area contributed by atoms with Crippen LogP contribution >= 0.6 is 12.2 Å². The quantitative estimate of drug-likeness (QED) is 0.636. The molecule has 23 heavy (non-hydrogen) atoms. The fourth-order valence-electron chi connectivity index (χ4n) is 2.03. The van der Waals surface area contributed by atoms with Gasteiger partial charge in [0.1, 0.15) is 23.4 Å². The minimum Gasteiger partial charge on any atom is -0.317 e. The van der Waals surface area contributed by atoms with Crippen LogP contribution in [0.25, 0.3) is 11.1 Å². The van der Waals surface area contributed by atoms with E-state index in [1.807, 2.05) is 4.98 Å². The predicted octanol–water partition coefficient (Wildman–Crippen LogP) is 3.28. The standard InChI is InChI=1S/C13H6F5N3OS/c1-21-10(13(16,17)18)9(11(22)20-12(21)23)6-3-7(14)5(4-19)2-8(6)15/h2-3H,1H3,(H,20,22,23). The number of hydrogen-bond acceptors (Lipinski definition) is 3. The van der Waals surface area contributed by atoms with Crippen molar-refractivity contribution in [2.45, 2.75) is 6.18 Å². The van der Waals surface area contributed by atoms with Gasteiger partial charge in [-0.15, -0.1) is 0 Å². The fraction of sp³-hybridized carbons (Fsp3) is 0.154. The fourth-order valence-corrected chi connectivity index (χ4v) is 2.21. The zero-order valence-corrected chi connectivity index (χ0v) is 12.1. The smallest absolute Gasteiger partial charge is 0.317 e. The Labute approximate surface area is 130 Å². The summed E-state index contributed by atoms with van der Waals surface area (Å²) in [6.07, 6.45) is -5.04. The molecule has 4 nitrogen and oxygen atoms in total. The number of alkyl halides is 3. The lowest BCUT2D eigenvalue weighted by atomic mass is 10.0. The molecule has 10 heteroatoms. The molecule has 0 unspecified atom stereocenters. The molecule has 0 radical (unpaired) electrons. The molecule has 0 aliphatic carbocycles. The van der Waals surface area contributed by atoms with Gasteiger partial charge in [0, 0.05) is 12.6 Å². The molecule has 1 aromatic carbocycles. The average molecular weight is 347 g/mol. The zero-order valence-electron chi connectivity index (χ0n) is 11.3. The number of nitrogens with zero attached hydrogens (tertiary/aromatic N) is 2. The third kappa shape index (κ3) is 2.87. The van der Waals surface area contributed by atoms with Crippen LogP contribution in [0.1, 0.15) is 11.3 Å². The van der Waals surface area contributed by atoms with E-state index in [1.165, 1.54) is 6.07 Å². The van der Waals surface area contributed by atoms with E-state index in [4.69, 9.17) is 5.26 Å². The number of nitrogens with one attached hydrogen (secondary N) is 1. The molecule has 0 saturated heterocycles. The van der Waals surface area contributed by atoms with Crippen molar-refractivity contribution in [1.82, 2.24) is 9.55 Å². The van der Waals surface area contributed by atoms with Gasteiger partial charge < -0.3 is 4.57 Å². The van der Waals surface area contributed by atoms with Gasteiger partial charge in [0.05, 0.1) is 11.1 Å². The molecule has 2 aromatic rings. The van der Waals surface area contributed by atoms with Crippen molar-refractivity contribution in [3.8, 4) is 17.2 Å². The van der Waals surface area contributed by atoms with Crippen molar-refractivity contribution in [2.24, 2.45) is 7.05 Å². The lowest BCUT2D eigenvalue weighted by molar-refractivity contribution is -0.143. The van der Waals surface area contributed by atoms with E-state index in [-0.39, 0.29) is 0 Å². The lowest BCUT2D eigenvalue weighted by Crippen LogP contribution is -2.25. The van der Waals surface area contributed by atoms with E-state index in [1.54, 1.807) is 0 Å². The minimum absolute atomic E-state index is 0.372. The van der Waals surface area contributed by atoms with Crippen molar-refractivity contribution in [2.75, 3.05) is 0 Å². The van der Waals surface area contributed by atoms with Gasteiger partial charge >= 0.3 is 6.18 Å². The highest BCUT2D eigenvalue weighted by Gasteiger charge is 2.39. The highest BCUT2D eigenvalue weighted by Crippen LogP contribution is 2.36. The van der Waals surface area contributed by atoms with Crippen LogP contribution < -0.4 is 5.56 Å². The second-order valence-corrected chi connectivity index (χ2v) is 4.85. The van der Waals surface area contributed by atoms with E-state index >= 15 is 0 Å². The number of aromatic nitrogens is 2. The predicted molar refractivity (Wildman–Crippen MR) is 71.9 cm³/mol. The first-order valence-corrected chi connectivity index (χ1v) is 6.28. The molecule has 1 N–H and O–H groups in total. The van der Waals surface area contributed by atoms with Crippen molar-refractivity contribution < 1.29 is 22.0 Å². The van der Waals surface area contributed by atoms with Crippen LogP contribution in [0.4, 0.5) is 22.0 Å². The summed E-state index contributed by atoms with van der Waals surface area (Å²) in [5.41, 5.74) is -5.56.